The third-order valence-corrected chi connectivity index (χ3v) is 2.52. The molecule has 92 valence electrons. The quantitative estimate of drug-likeness (QED) is 0.782. The summed E-state index contributed by atoms with van der Waals surface area (Å²) in [5.41, 5.74) is 0.0767. The molecule has 0 aliphatic heterocycles. The number of imidazole rings is 1. The van der Waals surface area contributed by atoms with Crippen LogP contribution in [0.3, 0.4) is 0 Å². The van der Waals surface area contributed by atoms with E-state index < -0.39 is 5.69 Å². The highest BCUT2D eigenvalue weighted by Crippen LogP contribution is 2.18. The zero-order valence-corrected chi connectivity index (χ0v) is 10.4. The van der Waals surface area contributed by atoms with E-state index in [0.717, 1.165) is 0 Å². The molecule has 6 heteroatoms. The Morgan fingerprint density at radius 1 is 1.35 bits per heavy atom. The summed E-state index contributed by atoms with van der Waals surface area (Å²) in [4.78, 5) is 29.6. The summed E-state index contributed by atoms with van der Waals surface area (Å²) < 4.78 is 3.13. The van der Waals surface area contributed by atoms with Gasteiger partial charge in [0.05, 0.1) is 6.33 Å². The molecule has 2 heterocycles. The Balaban J connectivity index is 2.74. The monoisotopic (exact) mass is 236 g/mol. The van der Waals surface area contributed by atoms with E-state index in [-0.39, 0.29) is 11.0 Å². The molecule has 2 aromatic heterocycles. The van der Waals surface area contributed by atoms with Gasteiger partial charge in [0.15, 0.2) is 11.2 Å². The van der Waals surface area contributed by atoms with Crippen molar-refractivity contribution in [3.05, 3.63) is 27.2 Å². The number of aromatic amines is 1. The fraction of sp³-hybridized carbons (Fsp3) is 0.545. The molecule has 0 unspecified atom stereocenters. The van der Waals surface area contributed by atoms with Gasteiger partial charge in [0.1, 0.15) is 0 Å². The molecule has 6 nitrogen and oxygen atoms in total. The van der Waals surface area contributed by atoms with Gasteiger partial charge in [0, 0.05) is 13.6 Å². The smallest absolute Gasteiger partial charge is 0.324 e. The second-order valence-electron chi connectivity index (χ2n) is 5.42. The highest BCUT2D eigenvalue weighted by molar-refractivity contribution is 5.69. The summed E-state index contributed by atoms with van der Waals surface area (Å²) in [7, 11) is 1.59. The Kier molecular flexibility index (Phi) is 2.45. The highest BCUT2D eigenvalue weighted by Gasteiger charge is 2.16. The fourth-order valence-corrected chi connectivity index (χ4v) is 1.82. The Labute approximate surface area is 97.9 Å². The lowest BCUT2D eigenvalue weighted by atomic mass is 9.97. The molecule has 2 rings (SSSR count). The minimum Gasteiger partial charge on any atom is -0.324 e. The van der Waals surface area contributed by atoms with Gasteiger partial charge in [-0.2, -0.15) is 0 Å². The lowest BCUT2D eigenvalue weighted by molar-refractivity contribution is 0.348. The third-order valence-electron chi connectivity index (χ3n) is 2.52. The minimum atomic E-state index is -0.441. The summed E-state index contributed by atoms with van der Waals surface area (Å²) in [6.07, 6.45) is 1.60. The van der Waals surface area contributed by atoms with E-state index in [4.69, 9.17) is 0 Å². The van der Waals surface area contributed by atoms with Crippen LogP contribution < -0.4 is 11.2 Å². The number of H-pyrrole nitrogens is 1. The van der Waals surface area contributed by atoms with Crippen LogP contribution in [0.5, 0.6) is 0 Å². The Bertz CT molecular complexity index is 669. The Morgan fingerprint density at radius 3 is 2.59 bits per heavy atom. The van der Waals surface area contributed by atoms with Crippen molar-refractivity contribution in [1.82, 2.24) is 19.1 Å². The molecule has 17 heavy (non-hydrogen) atoms. The average Bonchev–Trinajstić information content (AvgIpc) is 2.56. The topological polar surface area (TPSA) is 72.7 Å². The van der Waals surface area contributed by atoms with Crippen LogP contribution in [0.15, 0.2) is 15.9 Å². The van der Waals surface area contributed by atoms with Gasteiger partial charge in [-0.05, 0) is 5.41 Å². The van der Waals surface area contributed by atoms with Crippen LogP contribution >= 0.6 is 0 Å². The zero-order valence-electron chi connectivity index (χ0n) is 10.4. The third kappa shape index (κ3) is 2.02. The second kappa shape index (κ2) is 3.58. The average molecular weight is 236 g/mol. The summed E-state index contributed by atoms with van der Waals surface area (Å²) >= 11 is 0. The first-order chi connectivity index (χ1) is 7.79. The number of nitrogens with one attached hydrogen (secondary N) is 1. The number of aromatic nitrogens is 4. The van der Waals surface area contributed by atoms with E-state index in [0.29, 0.717) is 17.7 Å². The van der Waals surface area contributed by atoms with E-state index in [2.05, 4.69) is 30.7 Å². The SMILES string of the molecule is Cn1c(=O)[nH]c(=O)c2c1ncn2CC(C)(C)C. The van der Waals surface area contributed by atoms with Gasteiger partial charge >= 0.3 is 5.69 Å². The van der Waals surface area contributed by atoms with Crippen LogP contribution in [0.25, 0.3) is 11.2 Å². The molecule has 0 saturated heterocycles. The lowest BCUT2D eigenvalue weighted by Crippen LogP contribution is -2.29. The molecule has 2 aromatic rings. The summed E-state index contributed by atoms with van der Waals surface area (Å²) in [5.74, 6) is 0. The Morgan fingerprint density at radius 2 is 2.00 bits per heavy atom. The van der Waals surface area contributed by atoms with Crippen molar-refractivity contribution < 1.29 is 0 Å². The summed E-state index contributed by atoms with van der Waals surface area (Å²) in [5, 5.41) is 0. The second-order valence-corrected chi connectivity index (χ2v) is 5.42. The fourth-order valence-electron chi connectivity index (χ4n) is 1.82. The van der Waals surface area contributed by atoms with Gasteiger partial charge in [0.2, 0.25) is 0 Å². The van der Waals surface area contributed by atoms with Crippen molar-refractivity contribution in [2.24, 2.45) is 12.5 Å². The predicted molar refractivity (Wildman–Crippen MR) is 65.0 cm³/mol. The van der Waals surface area contributed by atoms with Crippen LogP contribution in [0, 0.1) is 5.41 Å². The van der Waals surface area contributed by atoms with Gasteiger partial charge in [-0.3, -0.25) is 14.3 Å². The van der Waals surface area contributed by atoms with Crippen LogP contribution in [0.4, 0.5) is 0 Å². The number of hydrogen-bond acceptors (Lipinski definition) is 3. The van der Waals surface area contributed by atoms with Gasteiger partial charge in [-0.15, -0.1) is 0 Å². The van der Waals surface area contributed by atoms with Crippen LogP contribution in [-0.2, 0) is 13.6 Å². The van der Waals surface area contributed by atoms with Crippen molar-refractivity contribution in [2.45, 2.75) is 27.3 Å². The molecule has 0 amide bonds. The maximum atomic E-state index is 11.8. The first kappa shape index (κ1) is 11.6. The molecule has 0 saturated carbocycles. The van der Waals surface area contributed by atoms with Crippen molar-refractivity contribution in [3.8, 4) is 0 Å². The molecular weight excluding hydrogens is 220 g/mol. The van der Waals surface area contributed by atoms with Crippen LogP contribution in [0.2, 0.25) is 0 Å². The normalized spacial score (nSPS) is 12.2. The number of rotatable bonds is 1. The molecule has 0 aliphatic rings. The van der Waals surface area contributed by atoms with Crippen LogP contribution in [-0.4, -0.2) is 19.1 Å². The van der Waals surface area contributed by atoms with Gasteiger partial charge in [-0.1, -0.05) is 20.8 Å². The van der Waals surface area contributed by atoms with E-state index >= 15 is 0 Å². The molecule has 0 bridgehead atoms. The highest BCUT2D eigenvalue weighted by atomic mass is 16.2. The number of hydrogen-bond donors (Lipinski definition) is 1. The number of nitrogens with zero attached hydrogens (tertiary/aromatic N) is 3. The zero-order chi connectivity index (χ0) is 12.8. The molecule has 0 aromatic carbocycles. The maximum Gasteiger partial charge on any atom is 0.329 e. The summed E-state index contributed by atoms with van der Waals surface area (Å²) in [6.45, 7) is 6.91. The molecule has 0 atom stereocenters. The van der Waals surface area contributed by atoms with Gasteiger partial charge in [-0.25, -0.2) is 9.78 Å². The minimum absolute atomic E-state index is 0.0365. The molecule has 0 spiro atoms. The molecular formula is C11H16N4O2. The van der Waals surface area contributed by atoms with Gasteiger partial charge in [0.25, 0.3) is 5.56 Å². The summed E-state index contributed by atoms with van der Waals surface area (Å²) in [6, 6.07) is 0. The van der Waals surface area contributed by atoms with Crippen molar-refractivity contribution in [3.63, 3.8) is 0 Å². The van der Waals surface area contributed by atoms with E-state index in [9.17, 15) is 9.59 Å². The first-order valence-corrected chi connectivity index (χ1v) is 5.44. The van der Waals surface area contributed by atoms with Crippen molar-refractivity contribution in [1.29, 1.82) is 0 Å². The number of fused-ring (bicyclic) bond motifs is 1. The number of aryl methyl sites for hydroxylation is 1. The predicted octanol–water partition coefficient (Wildman–Crippen LogP) is 0.469. The largest absolute Gasteiger partial charge is 0.329 e. The van der Waals surface area contributed by atoms with E-state index in [1.807, 2.05) is 0 Å². The maximum absolute atomic E-state index is 11.8. The van der Waals surface area contributed by atoms with E-state index in [1.54, 1.807) is 17.9 Å². The van der Waals surface area contributed by atoms with Crippen molar-refractivity contribution in [2.75, 3.05) is 0 Å². The molecule has 0 fully saturated rings. The molecule has 0 aliphatic carbocycles. The first-order valence-electron chi connectivity index (χ1n) is 5.44. The van der Waals surface area contributed by atoms with Crippen LogP contribution in [0.1, 0.15) is 20.8 Å². The van der Waals surface area contributed by atoms with E-state index in [1.165, 1.54) is 4.57 Å². The Hall–Kier alpha value is -1.85. The lowest BCUT2D eigenvalue weighted by Gasteiger charge is -2.18. The van der Waals surface area contributed by atoms with Crippen molar-refractivity contribution >= 4 is 11.2 Å². The van der Waals surface area contributed by atoms with Gasteiger partial charge < -0.3 is 4.57 Å². The molecule has 1 N–H and O–H groups in total. The molecule has 0 radical (unpaired) electrons. The standard InChI is InChI=1S/C11H16N4O2/c1-11(2,3)5-15-6-12-8-7(15)9(16)13-10(17)14(8)4/h6H,5H2,1-4H3,(H,13,16,17).